The van der Waals surface area contributed by atoms with E-state index < -0.39 is 0 Å². The number of benzene rings is 2. The van der Waals surface area contributed by atoms with Crippen molar-refractivity contribution in [2.75, 3.05) is 0 Å². The second-order valence-electron chi connectivity index (χ2n) is 16.9. The van der Waals surface area contributed by atoms with E-state index in [1.165, 1.54) is 63.4 Å². The lowest BCUT2D eigenvalue weighted by Crippen LogP contribution is -2.52. The number of aromatic nitrogens is 3. The van der Waals surface area contributed by atoms with E-state index in [-0.39, 0.29) is 0 Å². The van der Waals surface area contributed by atoms with Gasteiger partial charge in [-0.3, -0.25) is 0 Å². The average molecular weight is 775 g/mol. The highest BCUT2D eigenvalue weighted by Gasteiger charge is 2.61. The zero-order valence-corrected chi connectivity index (χ0v) is 33.4. The molecule has 1 aliphatic heterocycles. The first-order valence-electron chi connectivity index (χ1n) is 18.8. The van der Waals surface area contributed by atoms with Gasteiger partial charge in [0.05, 0.1) is 22.0 Å². The Kier molecular flexibility index (Phi) is 10.2. The van der Waals surface area contributed by atoms with E-state index in [0.717, 1.165) is 83.1 Å². The molecule has 0 amide bonds. The SMILES string of the molecule is CC(C)CCC[C@@H](C)[C@H]1CC[C@H]2[C@@H]3CC[C@H]4Cc5nc(-c6ccccc6CBr)n(-c6c(Cl)cc(Cl)cc6Cl)[n+]5CC[C@]4(C)[C@H]3CC[C@]12C. The summed E-state index contributed by atoms with van der Waals surface area (Å²) in [5.74, 6) is 7.78. The highest BCUT2D eigenvalue weighted by Crippen LogP contribution is 2.67. The Hall–Kier alpha value is -1.07. The van der Waals surface area contributed by atoms with Gasteiger partial charge in [-0.1, -0.05) is 123 Å². The Morgan fingerprint density at radius 3 is 2.38 bits per heavy atom. The van der Waals surface area contributed by atoms with E-state index in [2.05, 4.69) is 84.2 Å². The molecule has 4 aliphatic rings. The molecular weight excluding hydrogens is 721 g/mol. The largest absolute Gasteiger partial charge is 0.320 e. The van der Waals surface area contributed by atoms with Crippen LogP contribution in [0.5, 0.6) is 0 Å². The Labute approximate surface area is 312 Å². The van der Waals surface area contributed by atoms with Crippen LogP contribution in [0.15, 0.2) is 36.4 Å². The maximum Gasteiger partial charge on any atom is 0.320 e. The number of halogens is 4. The highest BCUT2D eigenvalue weighted by atomic mass is 79.9. The van der Waals surface area contributed by atoms with Gasteiger partial charge in [-0.2, -0.15) is 0 Å². The van der Waals surface area contributed by atoms with Gasteiger partial charge in [0.1, 0.15) is 12.2 Å². The van der Waals surface area contributed by atoms with Gasteiger partial charge in [0.2, 0.25) is 0 Å². The Balaban J connectivity index is 1.21. The normalized spacial score (nSPS) is 31.9. The first-order chi connectivity index (χ1) is 23.0. The fourth-order valence-electron chi connectivity index (χ4n) is 11.7. The lowest BCUT2D eigenvalue weighted by atomic mass is 9.46. The Morgan fingerprint density at radius 1 is 0.917 bits per heavy atom. The van der Waals surface area contributed by atoms with Gasteiger partial charge in [-0.15, -0.1) is 9.36 Å². The molecule has 0 unspecified atom stereocenters. The van der Waals surface area contributed by atoms with Crippen LogP contribution >= 0.6 is 50.7 Å². The lowest BCUT2D eigenvalue weighted by Gasteiger charge is -2.59. The third-order valence-corrected chi connectivity index (χ3v) is 15.5. The van der Waals surface area contributed by atoms with E-state index in [1.54, 1.807) is 12.1 Å². The zero-order chi connectivity index (χ0) is 34.0. The molecule has 7 rings (SSSR count). The zero-order valence-electron chi connectivity index (χ0n) is 29.6. The van der Waals surface area contributed by atoms with E-state index in [4.69, 9.17) is 39.8 Å². The fraction of sp³-hybridized carbons (Fsp3) is 0.659. The minimum Gasteiger partial charge on any atom is -0.148 e. The van der Waals surface area contributed by atoms with Gasteiger partial charge in [-0.05, 0) is 126 Å². The predicted molar refractivity (Wildman–Crippen MR) is 204 cm³/mol. The third-order valence-electron chi connectivity index (χ3n) is 14.1. The van der Waals surface area contributed by atoms with Gasteiger partial charge < -0.3 is 0 Å². The molecule has 0 N–H and O–H groups in total. The number of fused-ring (bicyclic) bond motifs is 6. The van der Waals surface area contributed by atoms with Crippen LogP contribution in [0, 0.1) is 52.3 Å². The molecule has 0 bridgehead atoms. The van der Waals surface area contributed by atoms with E-state index in [1.807, 2.05) is 0 Å². The van der Waals surface area contributed by atoms with Crippen molar-refractivity contribution < 1.29 is 4.68 Å². The van der Waals surface area contributed by atoms with Crippen LogP contribution in [0.4, 0.5) is 0 Å². The number of rotatable bonds is 8. The third kappa shape index (κ3) is 6.03. The number of nitrogens with zero attached hydrogens (tertiary/aromatic N) is 3. The van der Waals surface area contributed by atoms with E-state index in [9.17, 15) is 0 Å². The van der Waals surface area contributed by atoms with Gasteiger partial charge in [-0.25, -0.2) is 0 Å². The molecule has 1 aromatic heterocycles. The molecule has 2 aromatic carbocycles. The number of hydrogen-bond donors (Lipinski definition) is 0. The molecule has 3 aliphatic carbocycles. The van der Waals surface area contributed by atoms with Crippen molar-refractivity contribution >= 4 is 50.7 Å². The Morgan fingerprint density at radius 2 is 1.65 bits per heavy atom. The van der Waals surface area contributed by atoms with Crippen molar-refractivity contribution in [2.24, 2.45) is 52.3 Å². The smallest absolute Gasteiger partial charge is 0.148 e. The van der Waals surface area contributed by atoms with Gasteiger partial charge in [0.25, 0.3) is 5.82 Å². The summed E-state index contributed by atoms with van der Waals surface area (Å²) in [4.78, 5) is 5.48. The molecule has 0 spiro atoms. The van der Waals surface area contributed by atoms with Crippen molar-refractivity contribution in [1.29, 1.82) is 0 Å². The molecule has 7 heteroatoms. The maximum absolute atomic E-state index is 6.98. The van der Waals surface area contributed by atoms with Crippen LogP contribution < -0.4 is 4.68 Å². The van der Waals surface area contributed by atoms with Gasteiger partial charge in [0, 0.05) is 10.4 Å². The summed E-state index contributed by atoms with van der Waals surface area (Å²) in [6, 6.07) is 12.1. The summed E-state index contributed by atoms with van der Waals surface area (Å²) >= 11 is 24.1. The maximum atomic E-state index is 6.98. The molecule has 0 radical (unpaired) electrons. The monoisotopic (exact) mass is 772 g/mol. The lowest BCUT2D eigenvalue weighted by molar-refractivity contribution is -0.773. The quantitative estimate of drug-likeness (QED) is 0.165. The minimum absolute atomic E-state index is 0.297. The van der Waals surface area contributed by atoms with Crippen molar-refractivity contribution in [3.05, 3.63) is 62.9 Å². The Bertz CT molecular complexity index is 1630. The summed E-state index contributed by atoms with van der Waals surface area (Å²) in [5.41, 5.74) is 3.87. The highest BCUT2D eigenvalue weighted by molar-refractivity contribution is 9.08. The molecule has 260 valence electrons. The average Bonchev–Trinajstić information content (AvgIpc) is 3.53. The van der Waals surface area contributed by atoms with Crippen LogP contribution in [-0.4, -0.2) is 9.67 Å². The first-order valence-corrected chi connectivity index (χ1v) is 21.0. The van der Waals surface area contributed by atoms with Crippen molar-refractivity contribution in [3.8, 4) is 17.1 Å². The van der Waals surface area contributed by atoms with Crippen molar-refractivity contribution in [2.45, 2.75) is 117 Å². The predicted octanol–water partition coefficient (Wildman–Crippen LogP) is 12.6. The van der Waals surface area contributed by atoms with Gasteiger partial charge >= 0.3 is 5.82 Å². The topological polar surface area (TPSA) is 21.7 Å². The molecule has 48 heavy (non-hydrogen) atoms. The summed E-state index contributed by atoms with van der Waals surface area (Å²) in [5, 5.41) is 2.38. The van der Waals surface area contributed by atoms with E-state index in [0.29, 0.717) is 31.8 Å². The van der Waals surface area contributed by atoms with Crippen LogP contribution in [0.25, 0.3) is 17.1 Å². The first kappa shape index (κ1) is 35.3. The minimum atomic E-state index is 0.297. The molecule has 0 saturated heterocycles. The second-order valence-corrected chi connectivity index (χ2v) is 18.7. The number of alkyl halides is 1. The molecule has 3 aromatic rings. The van der Waals surface area contributed by atoms with Crippen LogP contribution in [-0.2, 0) is 18.3 Å². The van der Waals surface area contributed by atoms with Crippen molar-refractivity contribution in [1.82, 2.24) is 9.67 Å². The second kappa shape index (κ2) is 13.8. The van der Waals surface area contributed by atoms with E-state index >= 15 is 0 Å². The molecule has 3 saturated carbocycles. The molecule has 2 heterocycles. The summed E-state index contributed by atoms with van der Waals surface area (Å²) in [6.45, 7) is 13.6. The molecule has 3 nitrogen and oxygen atoms in total. The summed E-state index contributed by atoms with van der Waals surface area (Å²) in [7, 11) is 0. The van der Waals surface area contributed by atoms with Crippen LogP contribution in [0.1, 0.15) is 110 Å². The molecule has 8 atom stereocenters. The van der Waals surface area contributed by atoms with Crippen LogP contribution in [0.2, 0.25) is 15.1 Å². The van der Waals surface area contributed by atoms with Crippen molar-refractivity contribution in [3.63, 3.8) is 0 Å². The molecular formula is C41H54BrCl3N3+. The standard InChI is InChI=1S/C41H54BrCl3N3/c1-25(2)9-8-10-26(3)32-15-16-33-31-14-13-28-21-37-46-39(30-12-7-6-11-27(30)24-42)48(38-35(44)22-29(43)23-36(38)45)47(37)20-19-40(28,4)34(31)17-18-41(32,33)5/h6-7,11-12,22-23,25-26,28,31-34H,8-10,13-21,24H2,1-5H3/q+1/t26-,28+,31+,32-,33+,34+,40+,41-/m1/s1. The van der Waals surface area contributed by atoms with Crippen LogP contribution in [0.3, 0.4) is 0 Å². The summed E-state index contributed by atoms with van der Waals surface area (Å²) in [6.07, 6.45) is 14.7. The molecule has 3 fully saturated rings. The fourth-order valence-corrected chi connectivity index (χ4v) is 13.1. The van der Waals surface area contributed by atoms with Gasteiger partial charge in [0.15, 0.2) is 0 Å². The summed E-state index contributed by atoms with van der Waals surface area (Å²) < 4.78 is 4.63. The number of hydrogen-bond acceptors (Lipinski definition) is 1.